The van der Waals surface area contributed by atoms with E-state index in [4.69, 9.17) is 14.5 Å². The van der Waals surface area contributed by atoms with E-state index in [0.29, 0.717) is 6.42 Å². The molecule has 0 spiro atoms. The van der Waals surface area contributed by atoms with Crippen LogP contribution in [0.2, 0.25) is 0 Å². The van der Waals surface area contributed by atoms with Gasteiger partial charge in [-0.3, -0.25) is 9.59 Å². The summed E-state index contributed by atoms with van der Waals surface area (Å²) in [5.74, 6) is 0.772. The Morgan fingerprint density at radius 1 is 1.27 bits per heavy atom. The second-order valence-corrected chi connectivity index (χ2v) is 15.1. The average Bonchev–Trinajstić information content (AvgIpc) is 3.57. The molecule has 0 bridgehead atoms. The van der Waals surface area contributed by atoms with E-state index in [1.165, 1.54) is 11.8 Å². The minimum atomic E-state index is -1.08. The van der Waals surface area contributed by atoms with Gasteiger partial charge in [-0.25, -0.2) is 4.98 Å². The first-order chi connectivity index (χ1) is 19.2. The standard InChI is InChI=1S/C32H37NO5S2/c1-4-7-27-37-26-15-21-20-11-10-18-14-19(34)12-13-30(18,2)28(20)23(35)16-31(21,3)32(26,38-27)25(36)17-39-29-33-22-8-5-6-9-24(22)40-29/h5-6,8-9,12-14,20-21,23,26-28,35H,4,7,10-11,15-17H2,1-3H3/t20?,21?,23?,26-,27-,28?,30?,31?,32-/m1/s1. The fourth-order valence-corrected chi connectivity index (χ4v) is 11.2. The summed E-state index contributed by atoms with van der Waals surface area (Å²) in [4.78, 5) is 31.4. The zero-order chi connectivity index (χ0) is 27.9. The molecular formula is C32H37NO5S2. The van der Waals surface area contributed by atoms with Gasteiger partial charge in [0.2, 0.25) is 0 Å². The summed E-state index contributed by atoms with van der Waals surface area (Å²) in [6, 6.07) is 8.05. The third kappa shape index (κ3) is 3.75. The molecule has 3 saturated carbocycles. The zero-order valence-electron chi connectivity index (χ0n) is 23.3. The molecule has 4 fully saturated rings. The van der Waals surface area contributed by atoms with Crippen molar-refractivity contribution in [1.29, 1.82) is 0 Å². The van der Waals surface area contributed by atoms with Crippen molar-refractivity contribution >= 4 is 44.9 Å². The second-order valence-electron chi connectivity index (χ2n) is 12.8. The van der Waals surface area contributed by atoms with Gasteiger partial charge >= 0.3 is 0 Å². The number of hydrogen-bond donors (Lipinski definition) is 1. The monoisotopic (exact) mass is 579 g/mol. The molecule has 7 rings (SSSR count). The number of ether oxygens (including phenoxy) is 2. The number of thioether (sulfide) groups is 1. The van der Waals surface area contributed by atoms with Crippen LogP contribution in [0.4, 0.5) is 0 Å². The maximum absolute atomic E-state index is 14.5. The molecule has 8 heteroatoms. The van der Waals surface area contributed by atoms with Crippen LogP contribution in [0.25, 0.3) is 10.2 Å². The zero-order valence-corrected chi connectivity index (χ0v) is 24.9. The first-order valence-electron chi connectivity index (χ1n) is 14.7. The molecule has 1 aromatic heterocycles. The van der Waals surface area contributed by atoms with Crippen molar-refractivity contribution < 1.29 is 24.2 Å². The molecule has 5 aliphatic rings. The molecule has 4 aliphatic carbocycles. The van der Waals surface area contributed by atoms with E-state index < -0.39 is 23.4 Å². The van der Waals surface area contributed by atoms with Gasteiger partial charge in [0.05, 0.1) is 28.2 Å². The van der Waals surface area contributed by atoms with E-state index in [9.17, 15) is 14.7 Å². The summed E-state index contributed by atoms with van der Waals surface area (Å²) >= 11 is 3.10. The van der Waals surface area contributed by atoms with Crippen molar-refractivity contribution in [2.24, 2.45) is 28.6 Å². The fraction of sp³-hybridized carbons (Fsp3) is 0.594. The maximum atomic E-state index is 14.5. The number of benzene rings is 1. The molecule has 1 saturated heterocycles. The molecule has 1 aliphatic heterocycles. The van der Waals surface area contributed by atoms with E-state index in [1.807, 2.05) is 24.3 Å². The molecule has 0 amide bonds. The number of carbonyl (C=O) groups excluding carboxylic acids is 2. The van der Waals surface area contributed by atoms with Gasteiger partial charge in [0, 0.05) is 16.7 Å². The Morgan fingerprint density at radius 3 is 2.90 bits per heavy atom. The van der Waals surface area contributed by atoms with Crippen molar-refractivity contribution in [3.8, 4) is 0 Å². The van der Waals surface area contributed by atoms with Gasteiger partial charge in [-0.2, -0.15) is 0 Å². The van der Waals surface area contributed by atoms with Crippen LogP contribution in [-0.4, -0.2) is 51.5 Å². The Labute approximate surface area is 243 Å². The third-order valence-electron chi connectivity index (χ3n) is 10.8. The summed E-state index contributed by atoms with van der Waals surface area (Å²) in [5, 5.41) is 11.9. The fourth-order valence-electron chi connectivity index (χ4n) is 9.15. The van der Waals surface area contributed by atoms with Crippen molar-refractivity contribution in [3.05, 3.63) is 48.1 Å². The third-order valence-corrected chi connectivity index (χ3v) is 13.0. The van der Waals surface area contributed by atoms with Gasteiger partial charge in [-0.15, -0.1) is 11.3 Å². The number of ketones is 2. The number of hydrogen-bond acceptors (Lipinski definition) is 8. The smallest absolute Gasteiger partial charge is 0.178 e. The molecule has 40 heavy (non-hydrogen) atoms. The number of para-hydroxylation sites is 1. The Bertz CT molecular complexity index is 1400. The number of Topliss-reactive ketones (excluding diaryl/α,β-unsaturated/α-hetero) is 1. The molecule has 2 aromatic rings. The normalized spacial score (nSPS) is 41.8. The summed E-state index contributed by atoms with van der Waals surface area (Å²) in [7, 11) is 0. The van der Waals surface area contributed by atoms with Crippen molar-refractivity contribution in [3.63, 3.8) is 0 Å². The highest BCUT2D eigenvalue weighted by Gasteiger charge is 2.75. The molecule has 2 heterocycles. The molecule has 0 radical (unpaired) electrons. The highest BCUT2D eigenvalue weighted by atomic mass is 32.2. The number of fused-ring (bicyclic) bond motifs is 8. The van der Waals surface area contributed by atoms with Gasteiger partial charge in [0.15, 0.2) is 27.8 Å². The van der Waals surface area contributed by atoms with E-state index in [-0.39, 0.29) is 46.6 Å². The Balaban J connectivity index is 1.22. The van der Waals surface area contributed by atoms with Gasteiger partial charge < -0.3 is 14.6 Å². The molecule has 6 unspecified atom stereocenters. The van der Waals surface area contributed by atoms with Crippen LogP contribution >= 0.6 is 23.1 Å². The van der Waals surface area contributed by atoms with E-state index in [0.717, 1.165) is 52.2 Å². The van der Waals surface area contributed by atoms with Crippen molar-refractivity contribution in [1.82, 2.24) is 4.98 Å². The lowest BCUT2D eigenvalue weighted by Gasteiger charge is -2.59. The Hall–Kier alpha value is -1.84. The molecular weight excluding hydrogens is 542 g/mol. The number of allylic oxidation sites excluding steroid dienone is 4. The lowest BCUT2D eigenvalue weighted by Crippen LogP contribution is -2.63. The van der Waals surface area contributed by atoms with Crippen LogP contribution in [0.1, 0.15) is 59.3 Å². The SMILES string of the molecule is CCC[C@@H]1O[C@@H]2CC3C4CCC5=CC(=O)C=CC5(C)C4C(O)CC3(C)[C@]2(C(=O)CSc2nc3ccccc3s2)O1. The summed E-state index contributed by atoms with van der Waals surface area (Å²) < 4.78 is 15.3. The van der Waals surface area contributed by atoms with Gasteiger partial charge in [-0.05, 0) is 68.2 Å². The first kappa shape index (κ1) is 27.0. The summed E-state index contributed by atoms with van der Waals surface area (Å²) in [6.07, 6.45) is 8.81. The lowest BCUT2D eigenvalue weighted by molar-refractivity contribution is -0.197. The topological polar surface area (TPSA) is 85.7 Å². The molecule has 6 nitrogen and oxygen atoms in total. The quantitative estimate of drug-likeness (QED) is 0.412. The van der Waals surface area contributed by atoms with Gasteiger partial charge in [0.25, 0.3) is 0 Å². The predicted octanol–water partition coefficient (Wildman–Crippen LogP) is 6.13. The van der Waals surface area contributed by atoms with E-state index in [1.54, 1.807) is 23.5 Å². The minimum absolute atomic E-state index is 0.00413. The van der Waals surface area contributed by atoms with Gasteiger partial charge in [-0.1, -0.05) is 62.7 Å². The largest absolute Gasteiger partial charge is 0.393 e. The number of thiazole rings is 1. The maximum Gasteiger partial charge on any atom is 0.178 e. The number of rotatable bonds is 6. The molecule has 212 valence electrons. The number of aliphatic hydroxyl groups excluding tert-OH is 1. The Kier molecular flexibility index (Phi) is 6.48. The molecule has 1 N–H and O–H groups in total. The average molecular weight is 580 g/mol. The van der Waals surface area contributed by atoms with Crippen LogP contribution in [0, 0.1) is 28.6 Å². The highest BCUT2D eigenvalue weighted by molar-refractivity contribution is 8.01. The van der Waals surface area contributed by atoms with Crippen LogP contribution in [0.5, 0.6) is 0 Å². The van der Waals surface area contributed by atoms with Crippen molar-refractivity contribution in [2.45, 2.75) is 87.7 Å². The number of nitrogens with zero attached hydrogens (tertiary/aromatic N) is 1. The molecule has 9 atom stereocenters. The van der Waals surface area contributed by atoms with Crippen LogP contribution in [0.15, 0.2) is 52.4 Å². The van der Waals surface area contributed by atoms with Crippen molar-refractivity contribution in [2.75, 3.05) is 5.75 Å². The second kappa shape index (κ2) is 9.60. The first-order valence-corrected chi connectivity index (χ1v) is 16.5. The number of aromatic nitrogens is 1. The Morgan fingerprint density at radius 2 is 2.10 bits per heavy atom. The van der Waals surface area contributed by atoms with E-state index in [2.05, 4.69) is 26.8 Å². The van der Waals surface area contributed by atoms with Crippen LogP contribution in [-0.2, 0) is 19.1 Å². The lowest BCUT2D eigenvalue weighted by atomic mass is 9.46. The molecule has 1 aromatic carbocycles. The summed E-state index contributed by atoms with van der Waals surface area (Å²) in [5.41, 5.74) is 0.117. The summed E-state index contributed by atoms with van der Waals surface area (Å²) in [6.45, 7) is 6.47. The number of aliphatic hydroxyl groups is 1. The van der Waals surface area contributed by atoms with Crippen LogP contribution in [0.3, 0.4) is 0 Å². The van der Waals surface area contributed by atoms with E-state index >= 15 is 0 Å². The minimum Gasteiger partial charge on any atom is -0.393 e. The highest BCUT2D eigenvalue weighted by Crippen LogP contribution is 2.69. The number of carbonyl (C=O) groups is 2. The van der Waals surface area contributed by atoms with Crippen LogP contribution < -0.4 is 0 Å². The van der Waals surface area contributed by atoms with Gasteiger partial charge in [0.1, 0.15) is 0 Å². The predicted molar refractivity (Wildman–Crippen MR) is 156 cm³/mol.